The average molecular weight is 377 g/mol. The molecule has 1 saturated heterocycles. The lowest BCUT2D eigenvalue weighted by molar-refractivity contribution is -0.136. The highest BCUT2D eigenvalue weighted by Crippen LogP contribution is 2.30. The number of carbonyl (C=O) groups is 2. The van der Waals surface area contributed by atoms with E-state index in [1.165, 1.54) is 16.7 Å². The first-order valence-corrected chi connectivity index (χ1v) is 10.1. The molecule has 2 aliphatic rings. The molecule has 0 radical (unpaired) electrons. The summed E-state index contributed by atoms with van der Waals surface area (Å²) in [5.41, 5.74) is 4.76. The third-order valence-electron chi connectivity index (χ3n) is 5.96. The van der Waals surface area contributed by atoms with Crippen molar-refractivity contribution in [2.45, 2.75) is 45.6 Å². The first-order valence-electron chi connectivity index (χ1n) is 10.1. The van der Waals surface area contributed by atoms with Gasteiger partial charge in [0, 0.05) is 31.7 Å². The highest BCUT2D eigenvalue weighted by molar-refractivity contribution is 6.00. The van der Waals surface area contributed by atoms with E-state index in [2.05, 4.69) is 51.1 Å². The second-order valence-corrected chi connectivity index (χ2v) is 8.98. The van der Waals surface area contributed by atoms with Crippen LogP contribution in [0.2, 0.25) is 0 Å². The van der Waals surface area contributed by atoms with Gasteiger partial charge in [-0.3, -0.25) is 9.59 Å². The highest BCUT2D eigenvalue weighted by Gasteiger charge is 2.38. The first-order chi connectivity index (χ1) is 13.3. The summed E-state index contributed by atoms with van der Waals surface area (Å²) in [5, 5.41) is 0. The number of rotatable bonds is 2. The summed E-state index contributed by atoms with van der Waals surface area (Å²) < 4.78 is 0. The van der Waals surface area contributed by atoms with Gasteiger partial charge in [-0.25, -0.2) is 0 Å². The van der Waals surface area contributed by atoms with Crippen LogP contribution in [0.15, 0.2) is 48.5 Å². The van der Waals surface area contributed by atoms with Crippen LogP contribution in [0.4, 0.5) is 5.69 Å². The van der Waals surface area contributed by atoms with E-state index in [1.54, 1.807) is 4.90 Å². The van der Waals surface area contributed by atoms with Gasteiger partial charge in [-0.2, -0.15) is 0 Å². The standard InChI is InChI=1S/C24H28N2O2/c1-24(2,3)20-8-10-21(11-9-20)26-16-19(14-22(26)27)23(28)25-13-12-17-6-4-5-7-18(17)15-25/h4-11,19H,12-16H2,1-3H3. The molecule has 0 saturated carbocycles. The van der Waals surface area contributed by atoms with Crippen molar-refractivity contribution in [2.75, 3.05) is 18.0 Å². The number of hydrogen-bond acceptors (Lipinski definition) is 2. The summed E-state index contributed by atoms with van der Waals surface area (Å²) in [7, 11) is 0. The van der Waals surface area contributed by atoms with Crippen LogP contribution in [-0.2, 0) is 28.0 Å². The van der Waals surface area contributed by atoms with Crippen molar-refractivity contribution in [3.63, 3.8) is 0 Å². The molecule has 0 bridgehead atoms. The Morgan fingerprint density at radius 1 is 1.00 bits per heavy atom. The van der Waals surface area contributed by atoms with E-state index in [1.807, 2.05) is 23.1 Å². The number of fused-ring (bicyclic) bond motifs is 1. The molecule has 2 aromatic carbocycles. The molecule has 0 N–H and O–H groups in total. The summed E-state index contributed by atoms with van der Waals surface area (Å²) in [5.74, 6) is -0.101. The Kier molecular flexibility index (Phi) is 4.74. The van der Waals surface area contributed by atoms with E-state index >= 15 is 0 Å². The Bertz CT molecular complexity index is 896. The van der Waals surface area contributed by atoms with Gasteiger partial charge in [-0.1, -0.05) is 57.2 Å². The van der Waals surface area contributed by atoms with Gasteiger partial charge in [0.05, 0.1) is 5.92 Å². The maximum atomic E-state index is 13.1. The van der Waals surface area contributed by atoms with Gasteiger partial charge in [0.1, 0.15) is 0 Å². The third-order valence-corrected chi connectivity index (χ3v) is 5.96. The summed E-state index contributed by atoms with van der Waals surface area (Å²) in [6, 6.07) is 16.5. The number of amides is 2. The second-order valence-electron chi connectivity index (χ2n) is 8.98. The molecule has 0 spiro atoms. The Morgan fingerprint density at radius 2 is 1.68 bits per heavy atom. The maximum absolute atomic E-state index is 13.1. The van der Waals surface area contributed by atoms with Crippen LogP contribution in [0.25, 0.3) is 0 Å². The summed E-state index contributed by atoms with van der Waals surface area (Å²) in [4.78, 5) is 29.4. The molecule has 1 fully saturated rings. The monoisotopic (exact) mass is 376 g/mol. The van der Waals surface area contributed by atoms with Crippen molar-refractivity contribution >= 4 is 17.5 Å². The van der Waals surface area contributed by atoms with Gasteiger partial charge in [-0.05, 0) is 40.7 Å². The molecule has 2 aliphatic heterocycles. The van der Waals surface area contributed by atoms with Crippen molar-refractivity contribution in [1.82, 2.24) is 4.90 Å². The molecular weight excluding hydrogens is 348 g/mol. The molecule has 0 aromatic heterocycles. The van der Waals surface area contributed by atoms with Crippen LogP contribution in [0.1, 0.15) is 43.9 Å². The largest absolute Gasteiger partial charge is 0.338 e. The molecule has 28 heavy (non-hydrogen) atoms. The van der Waals surface area contributed by atoms with E-state index in [9.17, 15) is 9.59 Å². The van der Waals surface area contributed by atoms with Crippen molar-refractivity contribution in [3.8, 4) is 0 Å². The molecule has 2 amide bonds. The summed E-state index contributed by atoms with van der Waals surface area (Å²) in [6.07, 6.45) is 1.19. The molecule has 2 aromatic rings. The number of benzene rings is 2. The number of nitrogens with zero attached hydrogens (tertiary/aromatic N) is 2. The van der Waals surface area contributed by atoms with E-state index in [-0.39, 0.29) is 23.1 Å². The Hall–Kier alpha value is -2.62. The van der Waals surface area contributed by atoms with Crippen molar-refractivity contribution < 1.29 is 9.59 Å². The van der Waals surface area contributed by atoms with Gasteiger partial charge in [-0.15, -0.1) is 0 Å². The minimum absolute atomic E-state index is 0.0410. The quantitative estimate of drug-likeness (QED) is 0.797. The number of hydrogen-bond donors (Lipinski definition) is 0. The molecule has 4 rings (SSSR count). The van der Waals surface area contributed by atoms with Gasteiger partial charge < -0.3 is 9.80 Å². The van der Waals surface area contributed by atoms with E-state index in [0.717, 1.165) is 18.7 Å². The van der Waals surface area contributed by atoms with Gasteiger partial charge in [0.25, 0.3) is 0 Å². The third kappa shape index (κ3) is 3.56. The van der Waals surface area contributed by atoms with E-state index < -0.39 is 0 Å². The van der Waals surface area contributed by atoms with Crippen LogP contribution in [-0.4, -0.2) is 29.8 Å². The number of carbonyl (C=O) groups excluding carboxylic acids is 2. The van der Waals surface area contributed by atoms with E-state index in [0.29, 0.717) is 19.5 Å². The zero-order valence-electron chi connectivity index (χ0n) is 16.9. The minimum Gasteiger partial charge on any atom is -0.338 e. The Morgan fingerprint density at radius 3 is 2.36 bits per heavy atom. The molecule has 4 heteroatoms. The Balaban J connectivity index is 1.45. The topological polar surface area (TPSA) is 40.6 Å². The van der Waals surface area contributed by atoms with Crippen molar-refractivity contribution in [3.05, 3.63) is 65.2 Å². The normalized spacial score (nSPS) is 19.7. The highest BCUT2D eigenvalue weighted by atomic mass is 16.2. The fourth-order valence-electron chi connectivity index (χ4n) is 4.21. The maximum Gasteiger partial charge on any atom is 0.228 e. The van der Waals surface area contributed by atoms with Crippen molar-refractivity contribution in [2.24, 2.45) is 5.92 Å². The molecular formula is C24H28N2O2. The molecule has 4 nitrogen and oxygen atoms in total. The van der Waals surface area contributed by atoms with Crippen molar-refractivity contribution in [1.29, 1.82) is 0 Å². The van der Waals surface area contributed by atoms with Crippen LogP contribution in [0, 0.1) is 5.92 Å². The van der Waals surface area contributed by atoms with Gasteiger partial charge in [0.15, 0.2) is 0 Å². The lowest BCUT2D eigenvalue weighted by Gasteiger charge is -2.30. The van der Waals surface area contributed by atoms with Crippen LogP contribution < -0.4 is 4.90 Å². The Labute approximate surface area is 167 Å². The SMILES string of the molecule is CC(C)(C)c1ccc(N2CC(C(=O)N3CCc4ccccc4C3)CC2=O)cc1. The molecule has 0 aliphatic carbocycles. The zero-order chi connectivity index (χ0) is 19.9. The first kappa shape index (κ1) is 18.7. The molecule has 2 heterocycles. The van der Waals surface area contributed by atoms with Gasteiger partial charge in [0.2, 0.25) is 11.8 Å². The van der Waals surface area contributed by atoms with Crippen LogP contribution >= 0.6 is 0 Å². The van der Waals surface area contributed by atoms with E-state index in [4.69, 9.17) is 0 Å². The number of anilines is 1. The second kappa shape index (κ2) is 7.08. The smallest absolute Gasteiger partial charge is 0.228 e. The van der Waals surface area contributed by atoms with Crippen LogP contribution in [0.3, 0.4) is 0 Å². The minimum atomic E-state index is -0.250. The average Bonchev–Trinajstić information content (AvgIpc) is 3.08. The lowest BCUT2D eigenvalue weighted by Crippen LogP contribution is -2.40. The predicted molar refractivity (Wildman–Crippen MR) is 111 cm³/mol. The van der Waals surface area contributed by atoms with Gasteiger partial charge >= 0.3 is 0 Å². The fraction of sp³-hybridized carbons (Fsp3) is 0.417. The van der Waals surface area contributed by atoms with Crippen LogP contribution in [0.5, 0.6) is 0 Å². The fourth-order valence-corrected chi connectivity index (χ4v) is 4.21. The lowest BCUT2D eigenvalue weighted by atomic mass is 9.87. The molecule has 1 unspecified atom stereocenters. The molecule has 1 atom stereocenters. The summed E-state index contributed by atoms with van der Waals surface area (Å²) in [6.45, 7) is 8.39. The zero-order valence-corrected chi connectivity index (χ0v) is 16.9. The molecule has 146 valence electrons. The predicted octanol–water partition coefficient (Wildman–Crippen LogP) is 3.92. The summed E-state index contributed by atoms with van der Waals surface area (Å²) >= 11 is 0.